The first-order chi connectivity index (χ1) is 18.6. The lowest BCUT2D eigenvalue weighted by Gasteiger charge is -2.12. The lowest BCUT2D eigenvalue weighted by Crippen LogP contribution is -2.33. The molecule has 0 aliphatic carbocycles. The Bertz CT molecular complexity index is 1510. The van der Waals surface area contributed by atoms with Gasteiger partial charge in [-0.3, -0.25) is 9.59 Å². The number of amides is 2. The maximum atomic E-state index is 13.7. The van der Waals surface area contributed by atoms with E-state index in [9.17, 15) is 22.8 Å². The predicted molar refractivity (Wildman–Crippen MR) is 143 cm³/mol. The van der Waals surface area contributed by atoms with Crippen molar-refractivity contribution in [3.8, 4) is 33.9 Å². The van der Waals surface area contributed by atoms with E-state index in [2.05, 4.69) is 15.6 Å². The second kappa shape index (κ2) is 11.5. The highest BCUT2D eigenvalue weighted by molar-refractivity contribution is 5.97. The molecule has 0 saturated carbocycles. The summed E-state index contributed by atoms with van der Waals surface area (Å²) in [6.45, 7) is 1.95. The molecule has 4 aromatic rings. The quantitative estimate of drug-likeness (QED) is 0.245. The number of halogens is 3. The summed E-state index contributed by atoms with van der Waals surface area (Å²) in [5, 5.41) is 5.77. The molecule has 0 aliphatic rings. The summed E-state index contributed by atoms with van der Waals surface area (Å²) in [6.07, 6.45) is -5.57. The SMILES string of the molecule is COc1ccc(-c2[nH]c3ccc(-c4cccc(C(=O)NCCNC(C)=O)c4)cc3c2CC(F)(F)F)cc1OC. The fraction of sp³-hybridized carbons (Fsp3) is 0.241. The van der Waals surface area contributed by atoms with E-state index in [4.69, 9.17) is 9.47 Å². The van der Waals surface area contributed by atoms with Gasteiger partial charge >= 0.3 is 6.18 Å². The number of rotatable bonds is 9. The third-order valence-electron chi connectivity index (χ3n) is 6.20. The fourth-order valence-electron chi connectivity index (χ4n) is 4.41. The average molecular weight is 540 g/mol. The van der Waals surface area contributed by atoms with Crippen LogP contribution in [0.1, 0.15) is 22.8 Å². The van der Waals surface area contributed by atoms with Crippen molar-refractivity contribution in [3.63, 3.8) is 0 Å². The minimum Gasteiger partial charge on any atom is -0.493 e. The Balaban J connectivity index is 1.72. The number of alkyl halides is 3. The lowest BCUT2D eigenvalue weighted by molar-refractivity contribution is -0.127. The number of hydrogen-bond acceptors (Lipinski definition) is 4. The zero-order valence-electron chi connectivity index (χ0n) is 21.7. The van der Waals surface area contributed by atoms with Gasteiger partial charge in [-0.15, -0.1) is 0 Å². The average Bonchev–Trinajstić information content (AvgIpc) is 3.26. The Morgan fingerprint density at radius 2 is 1.54 bits per heavy atom. The normalized spacial score (nSPS) is 11.3. The number of methoxy groups -OCH3 is 2. The molecule has 7 nitrogen and oxygen atoms in total. The summed E-state index contributed by atoms with van der Waals surface area (Å²) < 4.78 is 51.8. The standard InChI is InChI=1S/C29H28F3N3O4/c1-17(36)33-11-12-34-28(37)21-6-4-5-18(13-21)19-7-9-24-22(14-19)23(16-29(30,31)32)27(35-24)20-8-10-25(38-2)26(15-20)39-3/h4-10,13-15,35H,11-12,16H2,1-3H3,(H,33,36)(H,34,37). The second-order valence-corrected chi connectivity index (χ2v) is 8.92. The summed E-state index contributed by atoms with van der Waals surface area (Å²) in [5.74, 6) is 0.361. The molecule has 2 amide bonds. The molecule has 1 aromatic heterocycles. The first kappa shape index (κ1) is 27.6. The molecular formula is C29H28F3N3O4. The van der Waals surface area contributed by atoms with Crippen molar-refractivity contribution in [1.29, 1.82) is 0 Å². The number of aromatic nitrogens is 1. The van der Waals surface area contributed by atoms with Crippen molar-refractivity contribution >= 4 is 22.7 Å². The van der Waals surface area contributed by atoms with E-state index in [0.717, 1.165) is 0 Å². The Hall–Kier alpha value is -4.47. The summed E-state index contributed by atoms with van der Waals surface area (Å²) in [6, 6.07) is 17.0. The van der Waals surface area contributed by atoms with Gasteiger partial charge in [0.05, 0.1) is 26.3 Å². The topological polar surface area (TPSA) is 92.5 Å². The molecule has 0 saturated heterocycles. The van der Waals surface area contributed by atoms with Crippen molar-refractivity contribution in [2.24, 2.45) is 0 Å². The van der Waals surface area contributed by atoms with Crippen molar-refractivity contribution in [2.75, 3.05) is 27.3 Å². The van der Waals surface area contributed by atoms with Crippen molar-refractivity contribution < 1.29 is 32.2 Å². The molecule has 10 heteroatoms. The summed E-state index contributed by atoms with van der Waals surface area (Å²) >= 11 is 0. The number of carbonyl (C=O) groups excluding carboxylic acids is 2. The molecule has 204 valence electrons. The molecule has 1 heterocycles. The molecule has 0 unspecified atom stereocenters. The second-order valence-electron chi connectivity index (χ2n) is 8.92. The van der Waals surface area contributed by atoms with E-state index in [0.29, 0.717) is 56.9 Å². The van der Waals surface area contributed by atoms with Crippen LogP contribution in [0.15, 0.2) is 60.7 Å². The zero-order valence-corrected chi connectivity index (χ0v) is 21.7. The predicted octanol–water partition coefficient (Wildman–Crippen LogP) is 5.49. The monoisotopic (exact) mass is 539 g/mol. The zero-order chi connectivity index (χ0) is 28.2. The molecule has 0 fully saturated rings. The molecule has 39 heavy (non-hydrogen) atoms. The van der Waals surface area contributed by atoms with Crippen LogP contribution in [0.4, 0.5) is 13.2 Å². The van der Waals surface area contributed by atoms with Gasteiger partial charge in [-0.1, -0.05) is 18.2 Å². The van der Waals surface area contributed by atoms with Gasteiger partial charge in [0.25, 0.3) is 5.91 Å². The fourth-order valence-corrected chi connectivity index (χ4v) is 4.41. The highest BCUT2D eigenvalue weighted by atomic mass is 19.4. The third kappa shape index (κ3) is 6.51. The Labute approximate surface area is 223 Å². The number of hydrogen-bond donors (Lipinski definition) is 3. The first-order valence-electron chi connectivity index (χ1n) is 12.2. The third-order valence-corrected chi connectivity index (χ3v) is 6.20. The van der Waals surface area contributed by atoms with Crippen LogP contribution in [0.5, 0.6) is 11.5 Å². The highest BCUT2D eigenvalue weighted by Crippen LogP contribution is 2.39. The molecule has 3 aromatic carbocycles. The van der Waals surface area contributed by atoms with E-state index in [1.165, 1.54) is 21.1 Å². The van der Waals surface area contributed by atoms with Crippen molar-refractivity contribution in [1.82, 2.24) is 15.6 Å². The number of nitrogens with one attached hydrogen (secondary N) is 3. The van der Waals surface area contributed by atoms with Crippen LogP contribution >= 0.6 is 0 Å². The number of fused-ring (bicyclic) bond motifs is 1. The minimum absolute atomic E-state index is 0.110. The van der Waals surface area contributed by atoms with Gasteiger partial charge in [0, 0.05) is 42.0 Å². The largest absolute Gasteiger partial charge is 0.493 e. The summed E-state index contributed by atoms with van der Waals surface area (Å²) in [5.41, 5.74) is 3.27. The Morgan fingerprint density at radius 1 is 0.846 bits per heavy atom. The number of carbonyl (C=O) groups is 2. The van der Waals surface area contributed by atoms with Gasteiger partial charge < -0.3 is 25.1 Å². The Morgan fingerprint density at radius 3 is 2.23 bits per heavy atom. The lowest BCUT2D eigenvalue weighted by atomic mass is 9.98. The van der Waals surface area contributed by atoms with E-state index in [-0.39, 0.29) is 23.9 Å². The molecular weight excluding hydrogens is 511 g/mol. The maximum Gasteiger partial charge on any atom is 0.393 e. The van der Waals surface area contributed by atoms with Gasteiger partial charge in [-0.25, -0.2) is 0 Å². The molecule has 0 atom stereocenters. The summed E-state index contributed by atoms with van der Waals surface area (Å²) in [4.78, 5) is 26.7. The van der Waals surface area contributed by atoms with E-state index in [1.54, 1.807) is 60.7 Å². The van der Waals surface area contributed by atoms with Crippen molar-refractivity contribution in [2.45, 2.75) is 19.5 Å². The van der Waals surface area contributed by atoms with Crippen LogP contribution in [-0.4, -0.2) is 50.3 Å². The van der Waals surface area contributed by atoms with Crippen molar-refractivity contribution in [3.05, 3.63) is 71.8 Å². The molecule has 0 aliphatic heterocycles. The molecule has 0 spiro atoms. The van der Waals surface area contributed by atoms with Gasteiger partial charge in [0.2, 0.25) is 5.91 Å². The molecule has 4 rings (SSSR count). The molecule has 0 bridgehead atoms. The van der Waals surface area contributed by atoms with E-state index < -0.39 is 12.6 Å². The Kier molecular flexibility index (Phi) is 8.13. The van der Waals surface area contributed by atoms with Gasteiger partial charge in [-0.05, 0) is 59.2 Å². The van der Waals surface area contributed by atoms with Crippen LogP contribution < -0.4 is 20.1 Å². The molecule has 0 radical (unpaired) electrons. The van der Waals surface area contributed by atoms with Crippen LogP contribution in [0.2, 0.25) is 0 Å². The van der Waals surface area contributed by atoms with E-state index >= 15 is 0 Å². The van der Waals surface area contributed by atoms with Crippen LogP contribution in [0.25, 0.3) is 33.3 Å². The van der Waals surface area contributed by atoms with Crippen LogP contribution in [0.3, 0.4) is 0 Å². The number of H-pyrrole nitrogens is 1. The van der Waals surface area contributed by atoms with E-state index in [1.807, 2.05) is 0 Å². The van der Waals surface area contributed by atoms with Gasteiger partial charge in [-0.2, -0.15) is 13.2 Å². The first-order valence-corrected chi connectivity index (χ1v) is 12.2. The van der Waals surface area contributed by atoms with Crippen LogP contribution in [0, 0.1) is 0 Å². The summed E-state index contributed by atoms with van der Waals surface area (Å²) in [7, 11) is 2.95. The smallest absolute Gasteiger partial charge is 0.393 e. The minimum atomic E-state index is -4.44. The number of benzene rings is 3. The highest BCUT2D eigenvalue weighted by Gasteiger charge is 2.31. The van der Waals surface area contributed by atoms with Crippen LogP contribution in [-0.2, 0) is 11.2 Å². The number of ether oxygens (including phenoxy) is 2. The van der Waals surface area contributed by atoms with Gasteiger partial charge in [0.15, 0.2) is 11.5 Å². The maximum absolute atomic E-state index is 13.7. The number of aromatic amines is 1. The van der Waals surface area contributed by atoms with Gasteiger partial charge in [0.1, 0.15) is 0 Å². The molecule has 3 N–H and O–H groups in total.